The van der Waals surface area contributed by atoms with Gasteiger partial charge in [0.25, 0.3) is 6.43 Å². The first kappa shape index (κ1) is 11.8. The highest BCUT2D eigenvalue weighted by atomic mass is 19.3. The highest BCUT2D eigenvalue weighted by molar-refractivity contribution is 6.62. The minimum absolute atomic E-state index is 0.156. The fraction of sp³-hybridized carbons (Fsp3) is 0.615. The van der Waals surface area contributed by atoms with E-state index in [1.165, 1.54) is 0 Å². The van der Waals surface area contributed by atoms with Gasteiger partial charge in [-0.25, -0.2) is 8.78 Å². The molecule has 1 saturated heterocycles. The Morgan fingerprint density at radius 3 is 2.26 bits per heavy atom. The van der Waals surface area contributed by atoms with Gasteiger partial charge in [-0.05, 0) is 51.7 Å². The molecule has 0 aromatic carbocycles. The van der Waals surface area contributed by atoms with Crippen LogP contribution < -0.4 is 5.46 Å². The molecule has 1 aliphatic rings. The lowest BCUT2D eigenvalue weighted by atomic mass is 9.76. The molecule has 1 aromatic heterocycles. The SMILES string of the molecule is [2H]c1nc(C(F)F)c([2H])c(B2OC(C)(C)C(C)(C)O2)c1C. The van der Waals surface area contributed by atoms with Gasteiger partial charge in [-0.1, -0.05) is 0 Å². The predicted molar refractivity (Wildman–Crippen MR) is 69.6 cm³/mol. The lowest BCUT2D eigenvalue weighted by molar-refractivity contribution is 0.00578. The van der Waals surface area contributed by atoms with Crippen molar-refractivity contribution < 1.29 is 20.8 Å². The van der Waals surface area contributed by atoms with Crippen LogP contribution >= 0.6 is 0 Å². The Bertz CT molecular complexity index is 566. The summed E-state index contributed by atoms with van der Waals surface area (Å²) < 4.78 is 53.2. The van der Waals surface area contributed by atoms with E-state index < -0.39 is 36.5 Å². The van der Waals surface area contributed by atoms with Crippen LogP contribution in [-0.2, 0) is 9.31 Å². The molecule has 1 fully saturated rings. The Labute approximate surface area is 115 Å². The van der Waals surface area contributed by atoms with Gasteiger partial charge >= 0.3 is 7.12 Å². The van der Waals surface area contributed by atoms with Crippen molar-refractivity contribution in [1.82, 2.24) is 4.98 Å². The highest BCUT2D eigenvalue weighted by Crippen LogP contribution is 2.36. The second kappa shape index (κ2) is 4.53. The molecular weight excluding hydrogens is 251 g/mol. The third-order valence-electron chi connectivity index (χ3n) is 3.71. The largest absolute Gasteiger partial charge is 0.495 e. The summed E-state index contributed by atoms with van der Waals surface area (Å²) in [5.74, 6) is 0. The van der Waals surface area contributed by atoms with Gasteiger partial charge in [0.15, 0.2) is 0 Å². The number of aromatic nitrogens is 1. The summed E-state index contributed by atoms with van der Waals surface area (Å²) in [5.41, 5.74) is -1.53. The molecule has 0 bridgehead atoms. The first-order valence-corrected chi connectivity index (χ1v) is 6.09. The maximum atomic E-state index is 13.0. The van der Waals surface area contributed by atoms with E-state index in [0.29, 0.717) is 5.56 Å². The van der Waals surface area contributed by atoms with E-state index in [0.717, 1.165) is 0 Å². The zero-order valence-electron chi connectivity index (χ0n) is 13.7. The molecule has 0 amide bonds. The molecule has 0 atom stereocenters. The maximum absolute atomic E-state index is 13.0. The molecule has 0 saturated carbocycles. The molecule has 2 heterocycles. The molecule has 0 aliphatic carbocycles. The molecule has 104 valence electrons. The van der Waals surface area contributed by atoms with Gasteiger partial charge < -0.3 is 9.31 Å². The first-order chi connectivity index (χ1) is 9.48. The third-order valence-corrected chi connectivity index (χ3v) is 3.71. The fourth-order valence-electron chi connectivity index (χ4n) is 1.76. The molecule has 1 aliphatic heterocycles. The maximum Gasteiger partial charge on any atom is 0.495 e. The van der Waals surface area contributed by atoms with Crippen molar-refractivity contribution in [2.75, 3.05) is 0 Å². The molecule has 0 spiro atoms. The average Bonchev–Trinajstić information content (AvgIpc) is 2.52. The monoisotopic (exact) mass is 271 g/mol. The summed E-state index contributed by atoms with van der Waals surface area (Å²) in [5, 5.41) is 0. The normalized spacial score (nSPS) is 22.6. The van der Waals surface area contributed by atoms with Crippen molar-refractivity contribution in [3.63, 3.8) is 0 Å². The van der Waals surface area contributed by atoms with Crippen molar-refractivity contribution in [2.24, 2.45) is 0 Å². The number of pyridine rings is 1. The van der Waals surface area contributed by atoms with E-state index in [1.54, 1.807) is 6.92 Å². The summed E-state index contributed by atoms with van der Waals surface area (Å²) in [6.45, 7) is 8.90. The van der Waals surface area contributed by atoms with Crippen LogP contribution in [-0.4, -0.2) is 23.3 Å². The van der Waals surface area contributed by atoms with Crippen molar-refractivity contribution in [2.45, 2.75) is 52.2 Å². The molecule has 19 heavy (non-hydrogen) atoms. The van der Waals surface area contributed by atoms with Gasteiger partial charge in [0.05, 0.1) is 13.9 Å². The van der Waals surface area contributed by atoms with Crippen molar-refractivity contribution in [1.29, 1.82) is 0 Å². The van der Waals surface area contributed by atoms with Crippen LogP contribution in [0.2, 0.25) is 0 Å². The number of rotatable bonds is 2. The number of halogens is 2. The quantitative estimate of drug-likeness (QED) is 0.775. The summed E-state index contributed by atoms with van der Waals surface area (Å²) >= 11 is 0. The van der Waals surface area contributed by atoms with Gasteiger partial charge in [0, 0.05) is 6.17 Å². The molecule has 0 unspecified atom stereocenters. The molecule has 3 nitrogen and oxygen atoms in total. The van der Waals surface area contributed by atoms with Crippen LogP contribution in [0.1, 0.15) is 48.1 Å². The van der Waals surface area contributed by atoms with Crippen LogP contribution in [0.5, 0.6) is 0 Å². The Kier molecular flexibility index (Phi) is 2.81. The molecular formula is C13H18BF2NO2. The third kappa shape index (κ3) is 2.51. The van der Waals surface area contributed by atoms with E-state index in [2.05, 4.69) is 4.98 Å². The fourth-order valence-corrected chi connectivity index (χ4v) is 1.76. The van der Waals surface area contributed by atoms with Crippen LogP contribution in [0, 0.1) is 6.92 Å². The lowest BCUT2D eigenvalue weighted by Crippen LogP contribution is -2.41. The Morgan fingerprint density at radius 2 is 1.79 bits per heavy atom. The highest BCUT2D eigenvalue weighted by Gasteiger charge is 2.52. The topological polar surface area (TPSA) is 31.4 Å². The summed E-state index contributed by atoms with van der Waals surface area (Å²) in [4.78, 5) is 3.49. The number of hydrogen-bond acceptors (Lipinski definition) is 3. The minimum Gasteiger partial charge on any atom is -0.399 e. The van der Waals surface area contributed by atoms with Gasteiger partial charge in [0.1, 0.15) is 5.69 Å². The lowest BCUT2D eigenvalue weighted by Gasteiger charge is -2.32. The van der Waals surface area contributed by atoms with Gasteiger partial charge in [-0.15, -0.1) is 0 Å². The summed E-state index contributed by atoms with van der Waals surface area (Å²) in [6.07, 6.45) is -3.20. The Hall–Kier alpha value is -1.01. The Morgan fingerprint density at radius 1 is 1.26 bits per heavy atom. The summed E-state index contributed by atoms with van der Waals surface area (Å²) in [6, 6.07) is -0.419. The first-order valence-electron chi connectivity index (χ1n) is 7.09. The zero-order chi connectivity index (χ0) is 16.2. The second-order valence-electron chi connectivity index (χ2n) is 5.66. The van der Waals surface area contributed by atoms with Crippen molar-refractivity contribution >= 4 is 12.6 Å². The van der Waals surface area contributed by atoms with Gasteiger partial charge in [-0.2, -0.15) is 0 Å². The summed E-state index contributed by atoms with van der Waals surface area (Å²) in [7, 11) is -0.952. The van der Waals surface area contributed by atoms with E-state index >= 15 is 0 Å². The van der Waals surface area contributed by atoms with Crippen molar-refractivity contribution in [3.05, 3.63) is 23.5 Å². The van der Waals surface area contributed by atoms with E-state index in [4.69, 9.17) is 12.1 Å². The second-order valence-corrected chi connectivity index (χ2v) is 5.66. The van der Waals surface area contributed by atoms with Crippen LogP contribution in [0.4, 0.5) is 8.78 Å². The van der Waals surface area contributed by atoms with Crippen LogP contribution in [0.3, 0.4) is 0 Å². The standard InChI is InChI=1S/C13H18BF2NO2/c1-8-7-17-10(11(15)16)6-9(8)14-18-12(2,3)13(4,5)19-14/h6-7,11H,1-5H3/i6D,7D. The molecule has 2 rings (SSSR count). The number of nitrogens with zero attached hydrogens (tertiary/aromatic N) is 1. The van der Waals surface area contributed by atoms with Gasteiger partial charge in [-0.3, -0.25) is 4.98 Å². The molecule has 6 heteroatoms. The van der Waals surface area contributed by atoms with E-state index in [1.807, 2.05) is 27.7 Å². The van der Waals surface area contributed by atoms with Crippen LogP contribution in [0.25, 0.3) is 0 Å². The molecule has 1 aromatic rings. The minimum atomic E-state index is -2.91. The van der Waals surface area contributed by atoms with Crippen molar-refractivity contribution in [3.8, 4) is 0 Å². The number of alkyl halides is 2. The zero-order valence-corrected chi connectivity index (χ0v) is 11.7. The van der Waals surface area contributed by atoms with E-state index in [-0.39, 0.29) is 11.6 Å². The number of hydrogen-bond donors (Lipinski definition) is 0. The Balaban J connectivity index is 2.56. The average molecular weight is 271 g/mol. The molecule has 0 N–H and O–H groups in total. The smallest absolute Gasteiger partial charge is 0.399 e. The predicted octanol–water partition coefficient (Wildman–Crippen LogP) is 2.63. The van der Waals surface area contributed by atoms with Crippen LogP contribution in [0.15, 0.2) is 12.2 Å². The molecule has 0 radical (unpaired) electrons. The van der Waals surface area contributed by atoms with Gasteiger partial charge in [0.2, 0.25) is 0 Å². The van der Waals surface area contributed by atoms with E-state index in [9.17, 15) is 8.78 Å².